The van der Waals surface area contributed by atoms with Gasteiger partial charge in [0.25, 0.3) is 5.56 Å². The van der Waals surface area contributed by atoms with Gasteiger partial charge >= 0.3 is 0 Å². The van der Waals surface area contributed by atoms with Crippen LogP contribution in [0.4, 0.5) is 0 Å². The highest BCUT2D eigenvalue weighted by Crippen LogP contribution is 2.29. The normalized spacial score (nSPS) is 16.6. The molecular formula is C10H11ClN4O. The molecular weight excluding hydrogens is 228 g/mol. The molecule has 0 spiro atoms. The van der Waals surface area contributed by atoms with Crippen molar-refractivity contribution in [1.82, 2.24) is 19.6 Å². The van der Waals surface area contributed by atoms with Crippen LogP contribution in [0, 0.1) is 5.92 Å². The van der Waals surface area contributed by atoms with E-state index in [2.05, 4.69) is 15.1 Å². The third-order valence-corrected chi connectivity index (χ3v) is 3.31. The van der Waals surface area contributed by atoms with Crippen LogP contribution in [-0.4, -0.2) is 19.6 Å². The maximum atomic E-state index is 11.5. The largest absolute Gasteiger partial charge is 0.294 e. The third kappa shape index (κ3) is 1.51. The first kappa shape index (κ1) is 9.84. The molecule has 0 saturated heterocycles. The molecule has 16 heavy (non-hydrogen) atoms. The molecule has 0 atom stereocenters. The lowest BCUT2D eigenvalue weighted by Gasteiger charge is -2.24. The number of aromatic amines is 1. The molecule has 0 radical (unpaired) electrons. The summed E-state index contributed by atoms with van der Waals surface area (Å²) in [5.74, 6) is 1.51. The molecule has 0 aliphatic heterocycles. The fourth-order valence-corrected chi connectivity index (χ4v) is 2.18. The van der Waals surface area contributed by atoms with Gasteiger partial charge in [-0.15, -0.1) is 5.10 Å². The smallest absolute Gasteiger partial charge is 0.277 e. The van der Waals surface area contributed by atoms with Gasteiger partial charge in [0.15, 0.2) is 5.52 Å². The van der Waals surface area contributed by atoms with Crippen LogP contribution < -0.4 is 5.56 Å². The predicted octanol–water partition coefficient (Wildman–Crippen LogP) is 1.41. The molecule has 0 unspecified atom stereocenters. The van der Waals surface area contributed by atoms with Gasteiger partial charge in [-0.3, -0.25) is 9.78 Å². The number of H-pyrrole nitrogens is 1. The van der Waals surface area contributed by atoms with Crippen molar-refractivity contribution in [3.8, 4) is 0 Å². The Bertz CT molecular complexity index is 584. The minimum absolute atomic E-state index is 0.102. The molecule has 2 aromatic rings. The fourth-order valence-electron chi connectivity index (χ4n) is 2.02. The molecule has 2 heterocycles. The molecule has 0 amide bonds. The standard InChI is InChI=1S/C10H11ClN4O/c11-10-13-9(16)7-5-12-8(15(7)14-10)4-6-2-1-3-6/h5-6H,1-4H2,(H,13,14,16). The monoisotopic (exact) mass is 238 g/mol. The average molecular weight is 239 g/mol. The number of hydrogen-bond acceptors (Lipinski definition) is 3. The molecule has 1 N–H and O–H groups in total. The second-order valence-corrected chi connectivity index (χ2v) is 4.58. The number of aromatic nitrogens is 4. The molecule has 6 heteroatoms. The van der Waals surface area contributed by atoms with Gasteiger partial charge in [-0.25, -0.2) is 9.50 Å². The summed E-state index contributed by atoms with van der Waals surface area (Å²) in [5, 5.41) is 4.17. The summed E-state index contributed by atoms with van der Waals surface area (Å²) in [6.45, 7) is 0. The fraction of sp³-hybridized carbons (Fsp3) is 0.500. The number of rotatable bonds is 2. The zero-order valence-electron chi connectivity index (χ0n) is 8.61. The van der Waals surface area contributed by atoms with Crippen LogP contribution in [0.2, 0.25) is 5.28 Å². The molecule has 5 nitrogen and oxygen atoms in total. The Morgan fingerprint density at radius 1 is 1.56 bits per heavy atom. The summed E-state index contributed by atoms with van der Waals surface area (Å²) >= 11 is 5.72. The minimum atomic E-state index is -0.243. The highest BCUT2D eigenvalue weighted by atomic mass is 35.5. The van der Waals surface area contributed by atoms with Crippen molar-refractivity contribution in [2.24, 2.45) is 5.92 Å². The Morgan fingerprint density at radius 2 is 2.38 bits per heavy atom. The van der Waals surface area contributed by atoms with Gasteiger partial charge in [0.05, 0.1) is 6.20 Å². The van der Waals surface area contributed by atoms with Gasteiger partial charge in [-0.05, 0) is 17.5 Å². The zero-order valence-corrected chi connectivity index (χ0v) is 9.37. The number of halogens is 1. The van der Waals surface area contributed by atoms with E-state index in [1.807, 2.05) is 0 Å². The van der Waals surface area contributed by atoms with Crippen LogP contribution in [0.3, 0.4) is 0 Å². The maximum Gasteiger partial charge on any atom is 0.277 e. The lowest BCUT2D eigenvalue weighted by atomic mass is 9.83. The SMILES string of the molecule is O=c1[nH]c(Cl)nn2c(CC3CCC3)ncc12. The van der Waals surface area contributed by atoms with Crippen molar-refractivity contribution in [3.63, 3.8) is 0 Å². The molecule has 1 fully saturated rings. The van der Waals surface area contributed by atoms with Crippen LogP contribution in [0.15, 0.2) is 11.0 Å². The maximum absolute atomic E-state index is 11.5. The zero-order chi connectivity index (χ0) is 11.1. The van der Waals surface area contributed by atoms with E-state index in [1.54, 1.807) is 10.7 Å². The molecule has 2 aromatic heterocycles. The Balaban J connectivity index is 2.07. The Kier molecular flexibility index (Phi) is 2.21. The highest BCUT2D eigenvalue weighted by molar-refractivity contribution is 6.28. The van der Waals surface area contributed by atoms with E-state index in [-0.39, 0.29) is 10.8 Å². The summed E-state index contributed by atoms with van der Waals surface area (Å²) in [7, 11) is 0. The van der Waals surface area contributed by atoms with Gasteiger partial charge in [0.2, 0.25) is 5.28 Å². The lowest BCUT2D eigenvalue weighted by Crippen LogP contribution is -2.18. The first-order valence-electron chi connectivity index (χ1n) is 5.36. The van der Waals surface area contributed by atoms with Gasteiger partial charge in [-0.2, -0.15) is 0 Å². The first-order valence-corrected chi connectivity index (χ1v) is 5.74. The molecule has 1 saturated carbocycles. The molecule has 0 aromatic carbocycles. The summed E-state index contributed by atoms with van der Waals surface area (Å²) in [5.41, 5.74) is 0.214. The van der Waals surface area contributed by atoms with Crippen LogP contribution in [-0.2, 0) is 6.42 Å². The summed E-state index contributed by atoms with van der Waals surface area (Å²) < 4.78 is 1.56. The summed E-state index contributed by atoms with van der Waals surface area (Å²) in [6.07, 6.45) is 6.21. The second kappa shape index (κ2) is 3.59. The molecule has 3 rings (SSSR count). The van der Waals surface area contributed by atoms with E-state index < -0.39 is 0 Å². The van der Waals surface area contributed by atoms with Gasteiger partial charge in [0, 0.05) is 6.42 Å². The second-order valence-electron chi connectivity index (χ2n) is 4.22. The molecule has 0 bridgehead atoms. The lowest BCUT2D eigenvalue weighted by molar-refractivity contribution is 0.308. The van der Waals surface area contributed by atoms with Crippen LogP contribution in [0.1, 0.15) is 25.1 Å². The van der Waals surface area contributed by atoms with E-state index in [0.717, 1.165) is 12.2 Å². The Hall–Kier alpha value is -1.36. The minimum Gasteiger partial charge on any atom is -0.294 e. The number of imidazole rings is 1. The van der Waals surface area contributed by atoms with Crippen molar-refractivity contribution in [3.05, 3.63) is 27.7 Å². The van der Waals surface area contributed by atoms with Crippen molar-refractivity contribution < 1.29 is 0 Å². The summed E-state index contributed by atoms with van der Waals surface area (Å²) in [4.78, 5) is 18.2. The van der Waals surface area contributed by atoms with Crippen LogP contribution in [0.25, 0.3) is 5.52 Å². The Morgan fingerprint density at radius 3 is 3.06 bits per heavy atom. The number of nitrogens with zero attached hydrogens (tertiary/aromatic N) is 3. The molecule has 84 valence electrons. The quantitative estimate of drug-likeness (QED) is 0.861. The van der Waals surface area contributed by atoms with Crippen molar-refractivity contribution in [2.45, 2.75) is 25.7 Å². The molecule has 1 aliphatic rings. The topological polar surface area (TPSA) is 63.0 Å². The number of nitrogens with one attached hydrogen (secondary N) is 1. The van der Waals surface area contributed by atoms with Crippen molar-refractivity contribution >= 4 is 17.1 Å². The number of hydrogen-bond donors (Lipinski definition) is 1. The van der Waals surface area contributed by atoms with Gasteiger partial charge < -0.3 is 0 Å². The van der Waals surface area contributed by atoms with E-state index >= 15 is 0 Å². The van der Waals surface area contributed by atoms with E-state index in [9.17, 15) is 4.79 Å². The van der Waals surface area contributed by atoms with Crippen molar-refractivity contribution in [1.29, 1.82) is 0 Å². The van der Waals surface area contributed by atoms with Crippen LogP contribution >= 0.6 is 11.6 Å². The van der Waals surface area contributed by atoms with E-state index in [0.29, 0.717) is 11.4 Å². The summed E-state index contributed by atoms with van der Waals surface area (Å²) in [6, 6.07) is 0. The van der Waals surface area contributed by atoms with Gasteiger partial charge in [0.1, 0.15) is 5.82 Å². The van der Waals surface area contributed by atoms with Gasteiger partial charge in [-0.1, -0.05) is 19.3 Å². The van der Waals surface area contributed by atoms with E-state index in [1.165, 1.54) is 19.3 Å². The van der Waals surface area contributed by atoms with Crippen LogP contribution in [0.5, 0.6) is 0 Å². The predicted molar refractivity (Wildman–Crippen MR) is 59.7 cm³/mol. The first-order chi connectivity index (χ1) is 7.74. The number of fused-ring (bicyclic) bond motifs is 1. The third-order valence-electron chi connectivity index (χ3n) is 3.14. The van der Waals surface area contributed by atoms with Crippen molar-refractivity contribution in [2.75, 3.05) is 0 Å². The Labute approximate surface area is 96.5 Å². The van der Waals surface area contributed by atoms with E-state index in [4.69, 9.17) is 11.6 Å². The average Bonchev–Trinajstić information content (AvgIpc) is 2.55. The highest BCUT2D eigenvalue weighted by Gasteiger charge is 2.20. The molecule has 1 aliphatic carbocycles.